The second kappa shape index (κ2) is 7.90. The molecule has 2 atom stereocenters. The molecule has 2 fully saturated rings. The molecule has 146 valence electrons. The standard InChI is InChI=1S/C24H34N2O/c1-25(2)20-13-16-26(17-20)18-23(24(27)14-6-3-7-15-24)22-12-8-10-19-9-4-5-11-21(19)22/h4-5,8-12,20,23,27H,3,6-7,13-18H2,1-2H3/t20-,23?/m1/s1. The van der Waals surface area contributed by atoms with Crippen molar-refractivity contribution in [3.8, 4) is 0 Å². The lowest BCUT2D eigenvalue weighted by Gasteiger charge is -2.41. The molecule has 1 saturated heterocycles. The summed E-state index contributed by atoms with van der Waals surface area (Å²) < 4.78 is 0. The highest BCUT2D eigenvalue weighted by Gasteiger charge is 2.41. The van der Waals surface area contributed by atoms with Crippen LogP contribution in [0.25, 0.3) is 10.8 Å². The smallest absolute Gasteiger partial charge is 0.0728 e. The highest BCUT2D eigenvalue weighted by Crippen LogP contribution is 2.42. The quantitative estimate of drug-likeness (QED) is 0.857. The molecule has 2 aromatic carbocycles. The molecule has 0 spiro atoms. The normalized spacial score (nSPS) is 24.5. The Hall–Kier alpha value is -1.42. The lowest BCUT2D eigenvalue weighted by Crippen LogP contribution is -2.44. The second-order valence-electron chi connectivity index (χ2n) is 8.95. The number of benzene rings is 2. The van der Waals surface area contributed by atoms with Crippen molar-refractivity contribution in [3.63, 3.8) is 0 Å². The van der Waals surface area contributed by atoms with Crippen molar-refractivity contribution in [3.05, 3.63) is 48.0 Å². The molecule has 0 bridgehead atoms. The van der Waals surface area contributed by atoms with E-state index in [9.17, 15) is 5.11 Å². The molecule has 1 heterocycles. The Bertz CT molecular complexity index is 761. The minimum atomic E-state index is -0.571. The molecule has 1 aliphatic heterocycles. The zero-order chi connectivity index (χ0) is 18.9. The van der Waals surface area contributed by atoms with E-state index < -0.39 is 5.60 Å². The topological polar surface area (TPSA) is 26.7 Å². The Morgan fingerprint density at radius 1 is 1.07 bits per heavy atom. The van der Waals surface area contributed by atoms with E-state index >= 15 is 0 Å². The maximum atomic E-state index is 11.7. The van der Waals surface area contributed by atoms with Gasteiger partial charge in [0.15, 0.2) is 0 Å². The number of hydrogen-bond donors (Lipinski definition) is 1. The molecule has 0 radical (unpaired) electrons. The summed E-state index contributed by atoms with van der Waals surface area (Å²) in [5, 5.41) is 14.3. The van der Waals surface area contributed by atoms with Gasteiger partial charge in [0, 0.05) is 25.0 Å². The molecule has 1 N–H and O–H groups in total. The molecule has 3 heteroatoms. The average Bonchev–Trinajstić information content (AvgIpc) is 3.15. The van der Waals surface area contributed by atoms with E-state index in [0.29, 0.717) is 6.04 Å². The van der Waals surface area contributed by atoms with Crippen LogP contribution in [0.4, 0.5) is 0 Å². The minimum absolute atomic E-state index is 0.185. The van der Waals surface area contributed by atoms with Gasteiger partial charge < -0.3 is 14.9 Å². The number of fused-ring (bicyclic) bond motifs is 1. The van der Waals surface area contributed by atoms with Gasteiger partial charge in [-0.25, -0.2) is 0 Å². The van der Waals surface area contributed by atoms with Crippen LogP contribution >= 0.6 is 0 Å². The van der Waals surface area contributed by atoms with Gasteiger partial charge in [0.25, 0.3) is 0 Å². The first kappa shape index (κ1) is 18.9. The molecule has 1 aliphatic carbocycles. The highest BCUT2D eigenvalue weighted by atomic mass is 16.3. The summed E-state index contributed by atoms with van der Waals surface area (Å²) in [6.45, 7) is 3.22. The molecule has 2 aliphatic rings. The minimum Gasteiger partial charge on any atom is -0.389 e. The molecule has 2 aromatic rings. The Labute approximate surface area is 164 Å². The fourth-order valence-electron chi connectivity index (χ4n) is 5.28. The van der Waals surface area contributed by atoms with Crippen LogP contribution in [0.5, 0.6) is 0 Å². The summed E-state index contributed by atoms with van der Waals surface area (Å²) in [4.78, 5) is 4.94. The van der Waals surface area contributed by atoms with Crippen LogP contribution in [-0.4, -0.2) is 60.3 Å². The van der Waals surface area contributed by atoms with Crippen LogP contribution in [0.3, 0.4) is 0 Å². The van der Waals surface area contributed by atoms with Crippen LogP contribution in [-0.2, 0) is 0 Å². The third-order valence-corrected chi connectivity index (χ3v) is 6.99. The summed E-state index contributed by atoms with van der Waals surface area (Å²) in [7, 11) is 4.37. The van der Waals surface area contributed by atoms with E-state index in [4.69, 9.17) is 0 Å². The predicted molar refractivity (Wildman–Crippen MR) is 113 cm³/mol. The van der Waals surface area contributed by atoms with E-state index in [2.05, 4.69) is 66.4 Å². The molecule has 1 unspecified atom stereocenters. The molecule has 4 rings (SSSR count). The van der Waals surface area contributed by atoms with Crippen molar-refractivity contribution >= 4 is 10.8 Å². The van der Waals surface area contributed by atoms with Crippen molar-refractivity contribution in [1.82, 2.24) is 9.80 Å². The monoisotopic (exact) mass is 366 g/mol. The fraction of sp³-hybridized carbons (Fsp3) is 0.583. The van der Waals surface area contributed by atoms with Gasteiger partial charge >= 0.3 is 0 Å². The molecule has 27 heavy (non-hydrogen) atoms. The molecule has 0 amide bonds. The maximum Gasteiger partial charge on any atom is 0.0728 e. The van der Waals surface area contributed by atoms with Crippen LogP contribution in [0.1, 0.15) is 50.0 Å². The number of likely N-dealkylation sites (N-methyl/N-ethyl adjacent to an activating group) is 1. The predicted octanol–water partition coefficient (Wildman–Crippen LogP) is 4.25. The van der Waals surface area contributed by atoms with Gasteiger partial charge in [0.05, 0.1) is 5.60 Å². The number of likely N-dealkylation sites (tertiary alicyclic amines) is 1. The van der Waals surface area contributed by atoms with E-state index in [-0.39, 0.29) is 5.92 Å². The summed E-state index contributed by atoms with van der Waals surface area (Å²) in [5.41, 5.74) is 0.768. The maximum absolute atomic E-state index is 11.7. The molecular weight excluding hydrogens is 332 g/mol. The molecule has 3 nitrogen and oxygen atoms in total. The van der Waals surface area contributed by atoms with Crippen LogP contribution in [0.15, 0.2) is 42.5 Å². The summed E-state index contributed by atoms with van der Waals surface area (Å²) in [6, 6.07) is 15.9. The van der Waals surface area contributed by atoms with Gasteiger partial charge in [-0.05, 0) is 56.2 Å². The van der Waals surface area contributed by atoms with Crippen molar-refractivity contribution < 1.29 is 5.11 Å². The highest BCUT2D eigenvalue weighted by molar-refractivity contribution is 5.86. The number of aliphatic hydroxyl groups is 1. The zero-order valence-electron chi connectivity index (χ0n) is 16.9. The van der Waals surface area contributed by atoms with Crippen molar-refractivity contribution in [2.24, 2.45) is 0 Å². The van der Waals surface area contributed by atoms with E-state index in [1.807, 2.05) is 0 Å². The first-order valence-corrected chi connectivity index (χ1v) is 10.7. The van der Waals surface area contributed by atoms with Gasteiger partial charge in [0.2, 0.25) is 0 Å². The van der Waals surface area contributed by atoms with Gasteiger partial charge in [-0.3, -0.25) is 0 Å². The Balaban J connectivity index is 1.68. The second-order valence-corrected chi connectivity index (χ2v) is 8.95. The Morgan fingerprint density at radius 3 is 2.56 bits per heavy atom. The van der Waals surface area contributed by atoms with Crippen molar-refractivity contribution in [1.29, 1.82) is 0 Å². The van der Waals surface area contributed by atoms with E-state index in [1.54, 1.807) is 0 Å². The third-order valence-electron chi connectivity index (χ3n) is 6.99. The number of nitrogens with zero attached hydrogens (tertiary/aromatic N) is 2. The summed E-state index contributed by atoms with van der Waals surface area (Å²) in [6.07, 6.45) is 6.67. The van der Waals surface area contributed by atoms with Crippen LogP contribution in [0, 0.1) is 0 Å². The Morgan fingerprint density at radius 2 is 1.81 bits per heavy atom. The molecular formula is C24H34N2O. The number of hydrogen-bond acceptors (Lipinski definition) is 3. The fourth-order valence-corrected chi connectivity index (χ4v) is 5.28. The van der Waals surface area contributed by atoms with E-state index in [1.165, 1.54) is 29.2 Å². The van der Waals surface area contributed by atoms with Gasteiger partial charge in [-0.2, -0.15) is 0 Å². The average molecular weight is 367 g/mol. The number of rotatable bonds is 5. The van der Waals surface area contributed by atoms with Crippen molar-refractivity contribution in [2.45, 2.75) is 56.1 Å². The first-order valence-electron chi connectivity index (χ1n) is 10.7. The first-order chi connectivity index (χ1) is 13.1. The molecule has 0 aromatic heterocycles. The summed E-state index contributed by atoms with van der Waals surface area (Å²) >= 11 is 0. The Kier molecular flexibility index (Phi) is 5.54. The van der Waals surface area contributed by atoms with E-state index in [0.717, 1.165) is 45.3 Å². The van der Waals surface area contributed by atoms with Crippen molar-refractivity contribution in [2.75, 3.05) is 33.7 Å². The van der Waals surface area contributed by atoms with Gasteiger partial charge in [-0.15, -0.1) is 0 Å². The zero-order valence-corrected chi connectivity index (χ0v) is 16.9. The summed E-state index contributed by atoms with van der Waals surface area (Å²) in [5.74, 6) is 0.185. The molecule has 1 saturated carbocycles. The lowest BCUT2D eigenvalue weighted by molar-refractivity contribution is -0.0293. The van der Waals surface area contributed by atoms with Crippen LogP contribution < -0.4 is 0 Å². The van der Waals surface area contributed by atoms with Crippen LogP contribution in [0.2, 0.25) is 0 Å². The lowest BCUT2D eigenvalue weighted by atomic mass is 9.71. The van der Waals surface area contributed by atoms with Gasteiger partial charge in [0.1, 0.15) is 0 Å². The SMILES string of the molecule is CN(C)[C@@H]1CCN(CC(c2cccc3ccccc23)C2(O)CCCCC2)C1. The largest absolute Gasteiger partial charge is 0.389 e. The van der Waals surface area contributed by atoms with Gasteiger partial charge in [-0.1, -0.05) is 61.7 Å². The third kappa shape index (κ3) is 3.91.